The molecule has 0 bridgehead atoms. The van der Waals surface area contributed by atoms with Gasteiger partial charge in [0.25, 0.3) is 0 Å². The summed E-state index contributed by atoms with van der Waals surface area (Å²) in [5, 5.41) is 0. The second kappa shape index (κ2) is 5.96. The molecule has 0 atom stereocenters. The zero-order valence-corrected chi connectivity index (χ0v) is 15.9. The average molecular weight is 365 g/mol. The highest BCUT2D eigenvalue weighted by Gasteiger charge is 2.40. The fourth-order valence-corrected chi connectivity index (χ4v) is 5.89. The molecule has 4 rings (SSSR count). The van der Waals surface area contributed by atoms with E-state index in [2.05, 4.69) is 0 Å². The molecular formula is C19H27NO4S. The standard InChI is InChI=1S/C19H27NO4S/c1-18(2)14-15-13-16(3-4-17(15)24-18)25(21,22)20-9-5-19(6-10-20)7-11-23-12-8-19/h3-4,13H,5-12,14H2,1-2H3. The average Bonchev–Trinajstić information content (AvgIpc) is 2.89. The lowest BCUT2D eigenvalue weighted by Crippen LogP contribution is -2.45. The Bertz CT molecular complexity index is 756. The normalized spacial score (nSPS) is 25.5. The summed E-state index contributed by atoms with van der Waals surface area (Å²) >= 11 is 0. The Hall–Kier alpha value is -1.11. The van der Waals surface area contributed by atoms with E-state index in [1.165, 1.54) is 0 Å². The number of benzene rings is 1. The molecule has 3 aliphatic heterocycles. The van der Waals surface area contributed by atoms with Crippen LogP contribution in [0.25, 0.3) is 0 Å². The number of hydrogen-bond donors (Lipinski definition) is 0. The predicted molar refractivity (Wildman–Crippen MR) is 95.3 cm³/mol. The molecule has 0 aromatic heterocycles. The zero-order valence-electron chi connectivity index (χ0n) is 15.1. The number of rotatable bonds is 2. The van der Waals surface area contributed by atoms with Crippen molar-refractivity contribution < 1.29 is 17.9 Å². The fourth-order valence-electron chi connectivity index (χ4n) is 4.40. The first kappa shape index (κ1) is 17.3. The summed E-state index contributed by atoms with van der Waals surface area (Å²) in [7, 11) is -3.43. The highest BCUT2D eigenvalue weighted by molar-refractivity contribution is 7.89. The second-order valence-electron chi connectivity index (χ2n) is 8.32. The van der Waals surface area contributed by atoms with Crippen molar-refractivity contribution in [1.29, 1.82) is 0 Å². The Morgan fingerprint density at radius 1 is 1.04 bits per heavy atom. The van der Waals surface area contributed by atoms with Crippen LogP contribution in [-0.2, 0) is 21.2 Å². The summed E-state index contributed by atoms with van der Waals surface area (Å²) in [6.45, 7) is 6.90. The van der Waals surface area contributed by atoms with E-state index in [1.807, 2.05) is 13.8 Å². The number of hydrogen-bond acceptors (Lipinski definition) is 4. The van der Waals surface area contributed by atoms with Crippen LogP contribution in [0.3, 0.4) is 0 Å². The van der Waals surface area contributed by atoms with Crippen LogP contribution in [0.2, 0.25) is 0 Å². The van der Waals surface area contributed by atoms with Crippen molar-refractivity contribution in [2.75, 3.05) is 26.3 Å². The highest BCUT2D eigenvalue weighted by Crippen LogP contribution is 2.42. The Labute approximate surface area is 150 Å². The summed E-state index contributed by atoms with van der Waals surface area (Å²) in [5.41, 5.74) is 1.02. The molecule has 5 nitrogen and oxygen atoms in total. The van der Waals surface area contributed by atoms with E-state index < -0.39 is 10.0 Å². The Balaban J connectivity index is 1.51. The van der Waals surface area contributed by atoms with Crippen LogP contribution < -0.4 is 4.74 Å². The van der Waals surface area contributed by atoms with Crippen molar-refractivity contribution in [2.24, 2.45) is 5.41 Å². The van der Waals surface area contributed by atoms with Gasteiger partial charge < -0.3 is 9.47 Å². The van der Waals surface area contributed by atoms with Gasteiger partial charge in [-0.3, -0.25) is 0 Å². The first-order chi connectivity index (χ1) is 11.8. The van der Waals surface area contributed by atoms with Crippen LogP contribution in [0.4, 0.5) is 0 Å². The lowest BCUT2D eigenvalue weighted by molar-refractivity contribution is -0.00999. The molecule has 2 fully saturated rings. The van der Waals surface area contributed by atoms with Gasteiger partial charge in [0.15, 0.2) is 0 Å². The Morgan fingerprint density at radius 3 is 2.40 bits per heavy atom. The minimum absolute atomic E-state index is 0.259. The van der Waals surface area contributed by atoms with Gasteiger partial charge in [-0.15, -0.1) is 0 Å². The van der Waals surface area contributed by atoms with Gasteiger partial charge in [0.1, 0.15) is 11.4 Å². The molecule has 3 aliphatic rings. The Morgan fingerprint density at radius 2 is 1.72 bits per heavy atom. The van der Waals surface area contributed by atoms with Crippen LogP contribution in [-0.4, -0.2) is 44.6 Å². The highest BCUT2D eigenvalue weighted by atomic mass is 32.2. The lowest BCUT2D eigenvalue weighted by atomic mass is 9.73. The third-order valence-corrected chi connectivity index (χ3v) is 7.90. The predicted octanol–water partition coefficient (Wildman–Crippen LogP) is 2.98. The molecule has 2 saturated heterocycles. The molecule has 0 radical (unpaired) electrons. The van der Waals surface area contributed by atoms with E-state index in [0.29, 0.717) is 23.4 Å². The monoisotopic (exact) mass is 365 g/mol. The van der Waals surface area contributed by atoms with Gasteiger partial charge in [-0.2, -0.15) is 4.31 Å². The third-order valence-electron chi connectivity index (χ3n) is 6.01. The van der Waals surface area contributed by atoms with Crippen LogP contribution in [0.1, 0.15) is 45.1 Å². The molecule has 0 saturated carbocycles. The minimum Gasteiger partial charge on any atom is -0.487 e. The van der Waals surface area contributed by atoms with Crippen molar-refractivity contribution in [3.8, 4) is 5.75 Å². The van der Waals surface area contributed by atoms with E-state index in [0.717, 1.165) is 56.6 Å². The van der Waals surface area contributed by atoms with E-state index in [4.69, 9.17) is 9.47 Å². The molecule has 3 heterocycles. The summed E-state index contributed by atoms with van der Waals surface area (Å²) in [6.07, 6.45) is 4.75. The van der Waals surface area contributed by atoms with Crippen molar-refractivity contribution in [3.05, 3.63) is 23.8 Å². The van der Waals surface area contributed by atoms with E-state index in [9.17, 15) is 8.42 Å². The lowest BCUT2D eigenvalue weighted by Gasteiger charge is -2.43. The molecule has 1 aromatic rings. The van der Waals surface area contributed by atoms with Crippen molar-refractivity contribution in [3.63, 3.8) is 0 Å². The van der Waals surface area contributed by atoms with E-state index >= 15 is 0 Å². The molecule has 1 spiro atoms. The molecule has 0 amide bonds. The Kier molecular flexibility index (Phi) is 4.13. The van der Waals surface area contributed by atoms with Crippen LogP contribution >= 0.6 is 0 Å². The van der Waals surface area contributed by atoms with Gasteiger partial charge in [0.2, 0.25) is 10.0 Å². The molecule has 138 valence electrons. The number of nitrogens with zero attached hydrogens (tertiary/aromatic N) is 1. The maximum atomic E-state index is 13.1. The second-order valence-corrected chi connectivity index (χ2v) is 10.3. The zero-order chi connectivity index (χ0) is 17.7. The van der Waals surface area contributed by atoms with E-state index in [1.54, 1.807) is 22.5 Å². The molecular weight excluding hydrogens is 338 g/mol. The SMILES string of the molecule is CC1(C)Cc2cc(S(=O)(=O)N3CCC4(CCOCC4)CC3)ccc2O1. The van der Waals surface area contributed by atoms with Crippen LogP contribution in [0.15, 0.2) is 23.1 Å². The number of sulfonamides is 1. The maximum absolute atomic E-state index is 13.1. The molecule has 6 heteroatoms. The van der Waals surface area contributed by atoms with Crippen LogP contribution in [0, 0.1) is 5.41 Å². The quantitative estimate of drug-likeness (QED) is 0.808. The fraction of sp³-hybridized carbons (Fsp3) is 0.684. The molecule has 0 unspecified atom stereocenters. The molecule has 0 aliphatic carbocycles. The van der Waals surface area contributed by atoms with Gasteiger partial charge in [-0.05, 0) is 68.7 Å². The van der Waals surface area contributed by atoms with Gasteiger partial charge in [0.05, 0.1) is 4.90 Å². The topological polar surface area (TPSA) is 55.8 Å². The molecule has 1 aromatic carbocycles. The summed E-state index contributed by atoms with van der Waals surface area (Å²) in [4.78, 5) is 0.399. The van der Waals surface area contributed by atoms with Gasteiger partial charge in [-0.1, -0.05) is 0 Å². The van der Waals surface area contributed by atoms with Crippen molar-refractivity contribution in [2.45, 2.75) is 56.4 Å². The summed E-state index contributed by atoms with van der Waals surface area (Å²) in [5.74, 6) is 0.809. The maximum Gasteiger partial charge on any atom is 0.243 e. The van der Waals surface area contributed by atoms with Crippen molar-refractivity contribution in [1.82, 2.24) is 4.31 Å². The summed E-state index contributed by atoms with van der Waals surface area (Å²) in [6, 6.07) is 5.30. The first-order valence-electron chi connectivity index (χ1n) is 9.20. The first-order valence-corrected chi connectivity index (χ1v) is 10.6. The van der Waals surface area contributed by atoms with Gasteiger partial charge in [-0.25, -0.2) is 8.42 Å². The smallest absolute Gasteiger partial charge is 0.243 e. The minimum atomic E-state index is -3.43. The molecule has 25 heavy (non-hydrogen) atoms. The van der Waals surface area contributed by atoms with Gasteiger partial charge in [0, 0.05) is 32.7 Å². The van der Waals surface area contributed by atoms with Crippen molar-refractivity contribution >= 4 is 10.0 Å². The largest absolute Gasteiger partial charge is 0.487 e. The van der Waals surface area contributed by atoms with E-state index in [-0.39, 0.29) is 5.60 Å². The summed E-state index contributed by atoms with van der Waals surface area (Å²) < 4.78 is 39.2. The number of piperidine rings is 1. The molecule has 0 N–H and O–H groups in total. The van der Waals surface area contributed by atoms with Gasteiger partial charge >= 0.3 is 0 Å². The number of ether oxygens (including phenoxy) is 2. The van der Waals surface area contributed by atoms with Crippen LogP contribution in [0.5, 0.6) is 5.75 Å². The number of fused-ring (bicyclic) bond motifs is 1. The third kappa shape index (κ3) is 3.20.